The summed E-state index contributed by atoms with van der Waals surface area (Å²) in [6.07, 6.45) is 1.47. The van der Waals surface area contributed by atoms with E-state index in [1.807, 2.05) is 19.0 Å². The van der Waals surface area contributed by atoms with E-state index in [9.17, 15) is 18.9 Å². The molecule has 1 aliphatic heterocycles. The molecule has 11 heteroatoms. The number of hydrogen-bond donors (Lipinski definition) is 0. The largest absolute Gasteiger partial charge is 0.427 e. The van der Waals surface area contributed by atoms with Crippen LogP contribution in [0.1, 0.15) is 24.7 Å². The molecule has 0 saturated carbocycles. The number of ether oxygens (including phenoxy) is 1. The maximum Gasteiger partial charge on any atom is 0.387 e. The van der Waals surface area contributed by atoms with Gasteiger partial charge in [-0.15, -0.1) is 0 Å². The number of halogens is 2. The molecule has 9 nitrogen and oxygen atoms in total. The Morgan fingerprint density at radius 2 is 2.07 bits per heavy atom. The van der Waals surface area contributed by atoms with Crippen LogP contribution in [0.2, 0.25) is 0 Å². The van der Waals surface area contributed by atoms with Crippen LogP contribution < -0.4 is 14.5 Å². The van der Waals surface area contributed by atoms with Gasteiger partial charge in [-0.25, -0.2) is 0 Å². The van der Waals surface area contributed by atoms with Crippen molar-refractivity contribution in [2.45, 2.75) is 25.4 Å². The first kappa shape index (κ1) is 18.8. The molecule has 0 amide bonds. The number of hydrogen-bond acceptors (Lipinski definition) is 8. The van der Waals surface area contributed by atoms with Gasteiger partial charge in [-0.05, 0) is 24.1 Å². The average Bonchev–Trinajstić information content (AvgIpc) is 3.11. The van der Waals surface area contributed by atoms with Gasteiger partial charge in [-0.1, -0.05) is 0 Å². The van der Waals surface area contributed by atoms with Crippen molar-refractivity contribution in [1.29, 1.82) is 0 Å². The number of alkyl halides is 2. The summed E-state index contributed by atoms with van der Waals surface area (Å²) in [5, 5.41) is 14.9. The highest BCUT2D eigenvalue weighted by Crippen LogP contribution is 2.35. The summed E-state index contributed by atoms with van der Waals surface area (Å²) in [5.41, 5.74) is 0.102. The molecule has 27 heavy (non-hydrogen) atoms. The quantitative estimate of drug-likeness (QED) is 0.555. The zero-order valence-electron chi connectivity index (χ0n) is 14.8. The van der Waals surface area contributed by atoms with Crippen molar-refractivity contribution in [2.24, 2.45) is 0 Å². The van der Waals surface area contributed by atoms with Gasteiger partial charge in [0.1, 0.15) is 0 Å². The fraction of sp³-hybridized carbons (Fsp3) is 0.500. The minimum Gasteiger partial charge on any atom is -0.427 e. The third-order valence-electron chi connectivity index (χ3n) is 4.40. The van der Waals surface area contributed by atoms with Gasteiger partial charge in [0.25, 0.3) is 5.95 Å². The molecule has 0 N–H and O–H groups in total. The van der Waals surface area contributed by atoms with Gasteiger partial charge >= 0.3 is 12.3 Å². The second-order valence-corrected chi connectivity index (χ2v) is 6.38. The maximum atomic E-state index is 12.6. The number of nitrogens with zero attached hydrogens (tertiary/aromatic N) is 5. The van der Waals surface area contributed by atoms with Gasteiger partial charge in [0, 0.05) is 50.9 Å². The first-order valence-electron chi connectivity index (χ1n) is 8.34. The fourth-order valence-corrected chi connectivity index (χ4v) is 3.00. The summed E-state index contributed by atoms with van der Waals surface area (Å²) >= 11 is 0. The van der Waals surface area contributed by atoms with E-state index >= 15 is 0 Å². The summed E-state index contributed by atoms with van der Waals surface area (Å²) in [4.78, 5) is 18.3. The molecule has 3 rings (SSSR count). The number of nitro benzene ring substituents is 1. The third kappa shape index (κ3) is 4.23. The number of aromatic nitrogens is 2. The van der Waals surface area contributed by atoms with Gasteiger partial charge in [0.15, 0.2) is 0 Å². The summed E-state index contributed by atoms with van der Waals surface area (Å²) in [6.45, 7) is -1.89. The highest BCUT2D eigenvalue weighted by molar-refractivity contribution is 5.59. The predicted molar refractivity (Wildman–Crippen MR) is 92.5 cm³/mol. The molecule has 1 aromatic heterocycles. The van der Waals surface area contributed by atoms with Gasteiger partial charge < -0.3 is 19.1 Å². The summed E-state index contributed by atoms with van der Waals surface area (Å²) in [6, 6.07) is 4.00. The van der Waals surface area contributed by atoms with Crippen molar-refractivity contribution in [3.05, 3.63) is 34.2 Å². The van der Waals surface area contributed by atoms with Gasteiger partial charge in [-0.3, -0.25) is 10.1 Å². The Morgan fingerprint density at radius 1 is 1.37 bits per heavy atom. The standard InChI is InChI=1S/C16H19F2N5O4/c1-21(2)16-19-14(27-20-16)10-5-7-22(8-6-10)11-3-4-12(23(24)25)13(9-11)26-15(17)18/h3-4,9-10,15H,5-8H2,1-2H3. The minimum absolute atomic E-state index is 0.109. The first-order valence-corrected chi connectivity index (χ1v) is 8.34. The van der Waals surface area contributed by atoms with E-state index in [2.05, 4.69) is 14.9 Å². The zero-order chi connectivity index (χ0) is 19.6. The van der Waals surface area contributed by atoms with Crippen LogP contribution >= 0.6 is 0 Å². The van der Waals surface area contributed by atoms with Crippen LogP contribution in [0.4, 0.5) is 26.1 Å². The van der Waals surface area contributed by atoms with E-state index in [0.29, 0.717) is 30.6 Å². The lowest BCUT2D eigenvalue weighted by Gasteiger charge is -2.32. The Morgan fingerprint density at radius 3 is 2.63 bits per heavy atom. The van der Waals surface area contributed by atoms with Crippen molar-refractivity contribution in [3.63, 3.8) is 0 Å². The van der Waals surface area contributed by atoms with Gasteiger partial charge in [0.2, 0.25) is 11.6 Å². The minimum atomic E-state index is -3.13. The van der Waals surface area contributed by atoms with Crippen molar-refractivity contribution in [2.75, 3.05) is 37.0 Å². The molecule has 1 saturated heterocycles. The smallest absolute Gasteiger partial charge is 0.387 e. The van der Waals surface area contributed by atoms with Crippen LogP contribution in [0.5, 0.6) is 5.75 Å². The monoisotopic (exact) mass is 383 g/mol. The van der Waals surface area contributed by atoms with Crippen molar-refractivity contribution in [3.8, 4) is 5.75 Å². The number of piperidine rings is 1. The number of benzene rings is 1. The van der Waals surface area contributed by atoms with Crippen molar-refractivity contribution < 1.29 is 23.0 Å². The van der Waals surface area contributed by atoms with Crippen molar-refractivity contribution >= 4 is 17.3 Å². The lowest BCUT2D eigenvalue weighted by Crippen LogP contribution is -2.33. The Hall–Kier alpha value is -2.98. The normalized spacial score (nSPS) is 15.2. The molecule has 0 aliphatic carbocycles. The van der Waals surface area contributed by atoms with Gasteiger partial charge in [-0.2, -0.15) is 13.8 Å². The van der Waals surface area contributed by atoms with E-state index < -0.39 is 23.0 Å². The van der Waals surface area contributed by atoms with Crippen LogP contribution in [-0.2, 0) is 0 Å². The van der Waals surface area contributed by atoms with E-state index in [1.54, 1.807) is 4.90 Å². The predicted octanol–water partition coefficient (Wildman–Crippen LogP) is 3.03. The molecule has 2 aromatic rings. The topological polar surface area (TPSA) is 97.8 Å². The Bertz CT molecular complexity index is 806. The van der Waals surface area contributed by atoms with Crippen LogP contribution in [0.3, 0.4) is 0 Å². The van der Waals surface area contributed by atoms with Crippen LogP contribution in [0, 0.1) is 10.1 Å². The maximum absolute atomic E-state index is 12.6. The van der Waals surface area contributed by atoms with Crippen molar-refractivity contribution in [1.82, 2.24) is 10.1 Å². The molecular formula is C16H19F2N5O4. The Kier molecular flexibility index (Phi) is 5.38. The van der Waals surface area contributed by atoms with E-state index in [0.717, 1.165) is 12.8 Å². The zero-order valence-corrected chi connectivity index (χ0v) is 14.8. The highest BCUT2D eigenvalue weighted by atomic mass is 19.3. The van der Waals surface area contributed by atoms with Crippen LogP contribution in [0.15, 0.2) is 22.7 Å². The van der Waals surface area contributed by atoms with E-state index in [1.165, 1.54) is 18.2 Å². The van der Waals surface area contributed by atoms with Gasteiger partial charge in [0.05, 0.1) is 4.92 Å². The highest BCUT2D eigenvalue weighted by Gasteiger charge is 2.27. The fourth-order valence-electron chi connectivity index (χ4n) is 3.00. The molecule has 0 bridgehead atoms. The first-order chi connectivity index (χ1) is 12.8. The number of anilines is 2. The molecular weight excluding hydrogens is 364 g/mol. The lowest BCUT2D eigenvalue weighted by atomic mass is 9.96. The Balaban J connectivity index is 1.70. The molecule has 0 unspecified atom stereocenters. The molecule has 1 aromatic carbocycles. The Labute approximate surface area is 153 Å². The number of nitro groups is 1. The summed E-state index contributed by atoms with van der Waals surface area (Å²) in [5.74, 6) is 0.750. The molecule has 2 heterocycles. The second kappa shape index (κ2) is 7.72. The summed E-state index contributed by atoms with van der Waals surface area (Å²) < 4.78 is 34.7. The molecule has 146 valence electrons. The van der Waals surface area contributed by atoms with E-state index in [-0.39, 0.29) is 5.92 Å². The average molecular weight is 383 g/mol. The SMILES string of the molecule is CN(C)c1noc(C2CCN(c3ccc([N+](=O)[O-])c(OC(F)F)c3)CC2)n1. The molecule has 1 fully saturated rings. The molecule has 0 atom stereocenters. The van der Waals surface area contributed by atoms with Crippen LogP contribution in [-0.4, -0.2) is 48.9 Å². The molecule has 1 aliphatic rings. The van der Waals surface area contributed by atoms with E-state index in [4.69, 9.17) is 4.52 Å². The summed E-state index contributed by atoms with van der Waals surface area (Å²) in [7, 11) is 3.65. The molecule has 0 spiro atoms. The lowest BCUT2D eigenvalue weighted by molar-refractivity contribution is -0.386. The number of rotatable bonds is 6. The molecule has 0 radical (unpaired) electrons. The van der Waals surface area contributed by atoms with Crippen LogP contribution in [0.25, 0.3) is 0 Å². The third-order valence-corrected chi connectivity index (χ3v) is 4.40. The second-order valence-electron chi connectivity index (χ2n) is 6.38.